The fourth-order valence-corrected chi connectivity index (χ4v) is 0.107. The van der Waals surface area contributed by atoms with Gasteiger partial charge in [-0.15, -0.1) is 0 Å². The zero-order valence-electron chi connectivity index (χ0n) is 2.07. The van der Waals surface area contributed by atoms with Gasteiger partial charge in [-0.25, -0.2) is 8.58 Å². The lowest BCUT2D eigenvalue weighted by molar-refractivity contribution is 0.241. The highest BCUT2D eigenvalue weighted by molar-refractivity contribution is 6.09. The van der Waals surface area contributed by atoms with Crippen molar-refractivity contribution in [2.75, 3.05) is 0 Å². The maximum Gasteiger partial charge on any atom is 0.329 e. The van der Waals surface area contributed by atoms with Crippen LogP contribution in [0.3, 0.4) is 0 Å². The minimum absolute atomic E-state index is 1.64. The molecule has 0 rings (SSSR count). The van der Waals surface area contributed by atoms with Gasteiger partial charge in [-0.05, 0) is 0 Å². The Morgan fingerprint density at radius 2 is 1.60 bits per heavy atom. The van der Waals surface area contributed by atoms with Crippen LogP contribution >= 0.6 is 23.7 Å². The summed E-state index contributed by atoms with van der Waals surface area (Å²) in [7, 11) is 0. The van der Waals surface area contributed by atoms with Crippen LogP contribution < -0.4 is 0 Å². The summed E-state index contributed by atoms with van der Waals surface area (Å²) in [5.41, 5.74) is 0. The third-order valence-corrected chi connectivity index (χ3v) is 0.189. The van der Waals surface area contributed by atoms with Gasteiger partial charge in [-0.2, -0.15) is 0 Å². The van der Waals surface area contributed by atoms with Crippen molar-refractivity contribution in [1.82, 2.24) is 0 Å². The van der Waals surface area contributed by atoms with Crippen LogP contribution in [-0.2, 0) is 8.58 Å². The van der Waals surface area contributed by atoms with Gasteiger partial charge < -0.3 is 0 Å². The molecular weight excluding hydrogens is 115 g/mol. The van der Waals surface area contributed by atoms with Gasteiger partial charge >= 0.3 is 6.79 Å². The summed E-state index contributed by atoms with van der Waals surface area (Å²) in [5, 5.41) is 0. The van der Waals surface area contributed by atoms with Crippen molar-refractivity contribution >= 4 is 23.7 Å². The van der Waals surface area contributed by atoms with Gasteiger partial charge in [0, 0.05) is 0 Å². The highest BCUT2D eigenvalue weighted by Gasteiger charge is 1.76. The van der Waals surface area contributed by atoms with Crippen LogP contribution in [0.5, 0.6) is 0 Å². The molecule has 0 amide bonds. The number of rotatable bonds is 2. The smallest absolute Gasteiger partial charge is 0.229 e. The van der Waals surface area contributed by atoms with E-state index in [0.29, 0.717) is 0 Å². The van der Waals surface area contributed by atoms with E-state index in [1.807, 2.05) is 0 Å². The molecule has 0 saturated carbocycles. The fourth-order valence-electron chi connectivity index (χ4n) is 0.0119. The molecular formula is CCl2O2. The summed E-state index contributed by atoms with van der Waals surface area (Å²) < 4.78 is 7.12. The lowest BCUT2D eigenvalue weighted by Gasteiger charge is -1.74. The Bertz CT molecular complexity index is 15.1. The van der Waals surface area contributed by atoms with E-state index in [-0.39, 0.29) is 0 Å². The van der Waals surface area contributed by atoms with E-state index in [1.165, 1.54) is 0 Å². The summed E-state index contributed by atoms with van der Waals surface area (Å²) in [6.45, 7) is 1.64. The number of hydrogen-bond donors (Lipinski definition) is 0. The fraction of sp³-hybridized carbons (Fsp3) is 0. The Balaban J connectivity index is 2.19. The zero-order valence-corrected chi connectivity index (χ0v) is 3.58. The third kappa shape index (κ3) is 4.50. The van der Waals surface area contributed by atoms with Crippen LogP contribution in [0, 0.1) is 6.79 Å². The Kier molecular flexibility index (Phi) is 4.95. The van der Waals surface area contributed by atoms with Crippen molar-refractivity contribution in [2.24, 2.45) is 0 Å². The first kappa shape index (κ1) is 5.50. The molecule has 0 bridgehead atoms. The van der Waals surface area contributed by atoms with Crippen LogP contribution in [-0.4, -0.2) is 0 Å². The SMILES string of the molecule is ClO[C]OCl. The maximum atomic E-state index is 4.48. The molecule has 2 radical (unpaired) electrons. The van der Waals surface area contributed by atoms with Crippen molar-refractivity contribution in [1.29, 1.82) is 0 Å². The predicted octanol–water partition coefficient (Wildman–Crippen LogP) is 1.32. The van der Waals surface area contributed by atoms with Crippen LogP contribution in [0.1, 0.15) is 0 Å². The molecule has 30 valence electrons. The second-order valence-electron chi connectivity index (χ2n) is 0.238. The molecule has 0 atom stereocenters. The largest absolute Gasteiger partial charge is 0.329 e. The van der Waals surface area contributed by atoms with E-state index in [1.54, 1.807) is 6.79 Å². The monoisotopic (exact) mass is 114 g/mol. The first-order valence-corrected chi connectivity index (χ1v) is 1.33. The minimum atomic E-state index is 1.64. The second kappa shape index (κ2) is 4.50. The molecule has 0 spiro atoms. The van der Waals surface area contributed by atoms with Gasteiger partial charge in [0.2, 0.25) is 0 Å². The Morgan fingerprint density at radius 1 is 1.20 bits per heavy atom. The second-order valence-corrected chi connectivity index (χ2v) is 0.546. The van der Waals surface area contributed by atoms with E-state index >= 15 is 0 Å². The lowest BCUT2D eigenvalue weighted by atomic mass is 11.6. The summed E-state index contributed by atoms with van der Waals surface area (Å²) in [6, 6.07) is 0. The van der Waals surface area contributed by atoms with Crippen LogP contribution in [0.25, 0.3) is 0 Å². The van der Waals surface area contributed by atoms with Gasteiger partial charge in [-0.1, -0.05) is 0 Å². The third-order valence-electron chi connectivity index (χ3n) is 0.0630. The molecule has 2 nitrogen and oxygen atoms in total. The van der Waals surface area contributed by atoms with Crippen molar-refractivity contribution < 1.29 is 8.58 Å². The molecule has 0 heterocycles. The van der Waals surface area contributed by atoms with E-state index in [0.717, 1.165) is 0 Å². The molecule has 0 fully saturated rings. The van der Waals surface area contributed by atoms with Gasteiger partial charge in [0.15, 0.2) is 0 Å². The molecule has 0 aromatic rings. The van der Waals surface area contributed by atoms with Crippen molar-refractivity contribution in [3.63, 3.8) is 0 Å². The highest BCUT2D eigenvalue weighted by atomic mass is 35.5. The zero-order chi connectivity index (χ0) is 4.12. The molecule has 0 aliphatic heterocycles. The van der Waals surface area contributed by atoms with E-state index in [4.69, 9.17) is 0 Å². The topological polar surface area (TPSA) is 18.5 Å². The Hall–Kier alpha value is 0.500. The van der Waals surface area contributed by atoms with Gasteiger partial charge in [0.05, 0.1) is 23.7 Å². The Morgan fingerprint density at radius 3 is 1.60 bits per heavy atom. The van der Waals surface area contributed by atoms with Crippen LogP contribution in [0.15, 0.2) is 0 Å². The first-order chi connectivity index (χ1) is 2.41. The van der Waals surface area contributed by atoms with Gasteiger partial charge in [-0.3, -0.25) is 0 Å². The number of hydrogen-bond acceptors (Lipinski definition) is 2. The van der Waals surface area contributed by atoms with Crippen molar-refractivity contribution in [2.45, 2.75) is 0 Å². The van der Waals surface area contributed by atoms with Crippen LogP contribution in [0.2, 0.25) is 0 Å². The lowest BCUT2D eigenvalue weighted by Crippen LogP contribution is -1.65. The quantitative estimate of drug-likeness (QED) is 0.540. The summed E-state index contributed by atoms with van der Waals surface area (Å²) >= 11 is 8.96. The molecule has 0 unspecified atom stereocenters. The van der Waals surface area contributed by atoms with E-state index in [9.17, 15) is 0 Å². The van der Waals surface area contributed by atoms with E-state index in [2.05, 4.69) is 32.3 Å². The van der Waals surface area contributed by atoms with Gasteiger partial charge in [0.25, 0.3) is 0 Å². The molecule has 0 aliphatic rings. The first-order valence-electron chi connectivity index (χ1n) is 0.717. The molecule has 0 aliphatic carbocycles. The van der Waals surface area contributed by atoms with Gasteiger partial charge in [0.1, 0.15) is 0 Å². The van der Waals surface area contributed by atoms with Crippen molar-refractivity contribution in [3.05, 3.63) is 6.79 Å². The average molecular weight is 115 g/mol. The summed E-state index contributed by atoms with van der Waals surface area (Å²) in [4.78, 5) is 0. The van der Waals surface area contributed by atoms with E-state index < -0.39 is 0 Å². The minimum Gasteiger partial charge on any atom is -0.229 e. The Labute approximate surface area is 39.9 Å². The molecule has 4 heteroatoms. The summed E-state index contributed by atoms with van der Waals surface area (Å²) in [5.74, 6) is 0. The van der Waals surface area contributed by atoms with Crippen LogP contribution in [0.4, 0.5) is 0 Å². The highest BCUT2D eigenvalue weighted by Crippen LogP contribution is 1.88. The molecule has 0 aromatic heterocycles. The molecule has 5 heavy (non-hydrogen) atoms. The standard InChI is InChI=1S/CCl2O2/c2-4-1-5-3. The number of halogens is 2. The predicted molar refractivity (Wildman–Crippen MR) is 17.1 cm³/mol. The molecule has 0 aromatic carbocycles. The average Bonchev–Trinajstić information content (AvgIpc) is 1.41. The molecule has 0 saturated heterocycles. The maximum absolute atomic E-state index is 4.48. The summed E-state index contributed by atoms with van der Waals surface area (Å²) in [6.07, 6.45) is 0. The van der Waals surface area contributed by atoms with Crippen molar-refractivity contribution in [3.8, 4) is 0 Å². The normalized spacial score (nSPS) is 8.40. The molecule has 0 N–H and O–H groups in total.